The van der Waals surface area contributed by atoms with Crippen LogP contribution in [0, 0.1) is 17.3 Å². The first kappa shape index (κ1) is 25.0. The van der Waals surface area contributed by atoms with Gasteiger partial charge in [-0.2, -0.15) is 0 Å². The number of aliphatic hydroxyl groups excluding tert-OH is 3. The van der Waals surface area contributed by atoms with Crippen LogP contribution in [0.4, 0.5) is 0 Å². The Labute approximate surface area is 181 Å². The Morgan fingerprint density at radius 2 is 1.87 bits per heavy atom. The Balaban J connectivity index is 2.00. The van der Waals surface area contributed by atoms with Gasteiger partial charge >= 0.3 is 0 Å². The zero-order valence-electron chi connectivity index (χ0n) is 19.2. The van der Waals surface area contributed by atoms with E-state index in [1.165, 1.54) is 11.1 Å². The van der Waals surface area contributed by atoms with Crippen LogP contribution in [0.5, 0.6) is 0 Å². The molecule has 170 valence electrons. The average Bonchev–Trinajstić information content (AvgIpc) is 2.68. The maximum absolute atomic E-state index is 10.1. The predicted octanol–water partition coefficient (Wildman–Crippen LogP) is 3.91. The minimum Gasteiger partial charge on any atom is -0.388 e. The van der Waals surface area contributed by atoms with Crippen molar-refractivity contribution in [1.82, 2.24) is 0 Å². The highest BCUT2D eigenvalue weighted by atomic mass is 16.7. The Hall–Kier alpha value is -1.24. The van der Waals surface area contributed by atoms with E-state index in [1.807, 2.05) is 26.0 Å². The highest BCUT2D eigenvalue weighted by Gasteiger charge is 2.40. The van der Waals surface area contributed by atoms with Crippen LogP contribution < -0.4 is 0 Å². The molecule has 1 aliphatic carbocycles. The van der Waals surface area contributed by atoms with E-state index in [0.29, 0.717) is 11.8 Å². The van der Waals surface area contributed by atoms with Crippen molar-refractivity contribution in [2.24, 2.45) is 17.3 Å². The summed E-state index contributed by atoms with van der Waals surface area (Å²) in [7, 11) is 0. The summed E-state index contributed by atoms with van der Waals surface area (Å²) in [6.45, 7) is 18.5. The molecule has 5 nitrogen and oxygen atoms in total. The molecule has 0 aromatic carbocycles. The first-order valence-electron chi connectivity index (χ1n) is 10.9. The highest BCUT2D eigenvalue weighted by molar-refractivity contribution is 5.20. The molecule has 2 fully saturated rings. The van der Waals surface area contributed by atoms with E-state index in [2.05, 4.69) is 46.1 Å². The van der Waals surface area contributed by atoms with Crippen molar-refractivity contribution >= 4 is 0 Å². The number of hydrogen-bond acceptors (Lipinski definition) is 5. The quantitative estimate of drug-likeness (QED) is 0.430. The summed E-state index contributed by atoms with van der Waals surface area (Å²) < 4.78 is 11.2. The number of rotatable bonds is 7. The van der Waals surface area contributed by atoms with Crippen LogP contribution in [0.1, 0.15) is 53.9 Å². The van der Waals surface area contributed by atoms with E-state index in [4.69, 9.17) is 9.47 Å². The highest BCUT2D eigenvalue weighted by Crippen LogP contribution is 2.48. The average molecular weight is 421 g/mol. The molecule has 7 atom stereocenters. The SMILES string of the molecule is C=C[C@@]1(C)CCC(/C(C)=C/C=C/C(C)(C)OC2OCC(O)C(O)C2O)C[C@@H]1C(=C)C. The fourth-order valence-corrected chi connectivity index (χ4v) is 4.54. The van der Waals surface area contributed by atoms with Gasteiger partial charge in [0.15, 0.2) is 6.29 Å². The first-order valence-corrected chi connectivity index (χ1v) is 10.9. The van der Waals surface area contributed by atoms with Crippen molar-refractivity contribution in [3.63, 3.8) is 0 Å². The maximum atomic E-state index is 10.1. The minimum atomic E-state index is -1.29. The van der Waals surface area contributed by atoms with E-state index in [9.17, 15) is 15.3 Å². The van der Waals surface area contributed by atoms with Crippen LogP contribution in [0.15, 0.2) is 48.6 Å². The topological polar surface area (TPSA) is 79.2 Å². The second-order valence-corrected chi connectivity index (χ2v) is 9.82. The van der Waals surface area contributed by atoms with Gasteiger partial charge < -0.3 is 24.8 Å². The second kappa shape index (κ2) is 9.92. The van der Waals surface area contributed by atoms with Gasteiger partial charge in [-0.05, 0) is 64.2 Å². The van der Waals surface area contributed by atoms with Gasteiger partial charge in [0.1, 0.15) is 18.3 Å². The summed E-state index contributed by atoms with van der Waals surface area (Å²) in [4.78, 5) is 0. The van der Waals surface area contributed by atoms with E-state index in [0.717, 1.165) is 19.3 Å². The molecule has 1 saturated heterocycles. The van der Waals surface area contributed by atoms with Gasteiger partial charge in [0.25, 0.3) is 0 Å². The lowest BCUT2D eigenvalue weighted by Crippen LogP contribution is -2.55. The molecule has 1 saturated carbocycles. The zero-order chi connectivity index (χ0) is 22.7. The molecular formula is C25H40O5. The van der Waals surface area contributed by atoms with E-state index in [1.54, 1.807) is 0 Å². The molecule has 1 heterocycles. The van der Waals surface area contributed by atoms with Gasteiger partial charge in [0.05, 0.1) is 12.2 Å². The van der Waals surface area contributed by atoms with Crippen LogP contribution in [-0.4, -0.2) is 52.1 Å². The summed E-state index contributed by atoms with van der Waals surface area (Å²) in [5.41, 5.74) is 1.96. The van der Waals surface area contributed by atoms with Gasteiger partial charge in [0.2, 0.25) is 0 Å². The number of allylic oxidation sites excluding steroid dienone is 5. The van der Waals surface area contributed by atoms with Crippen LogP contribution in [0.3, 0.4) is 0 Å². The second-order valence-electron chi connectivity index (χ2n) is 9.82. The zero-order valence-corrected chi connectivity index (χ0v) is 19.2. The lowest BCUT2D eigenvalue weighted by Gasteiger charge is -2.43. The molecule has 0 amide bonds. The summed E-state index contributed by atoms with van der Waals surface area (Å²) in [6, 6.07) is 0. The molecule has 3 N–H and O–H groups in total. The molecule has 1 aliphatic heterocycles. The van der Waals surface area contributed by atoms with Crippen molar-refractivity contribution in [3.8, 4) is 0 Å². The Morgan fingerprint density at radius 1 is 1.20 bits per heavy atom. The van der Waals surface area contributed by atoms with Gasteiger partial charge in [-0.25, -0.2) is 0 Å². The third-order valence-electron chi connectivity index (χ3n) is 6.78. The van der Waals surface area contributed by atoms with Gasteiger partial charge in [0, 0.05) is 0 Å². The lowest BCUT2D eigenvalue weighted by atomic mass is 9.61. The van der Waals surface area contributed by atoms with Gasteiger partial charge in [-0.3, -0.25) is 0 Å². The lowest BCUT2D eigenvalue weighted by molar-refractivity contribution is -0.289. The van der Waals surface area contributed by atoms with Crippen molar-refractivity contribution in [2.45, 2.75) is 84.1 Å². The largest absolute Gasteiger partial charge is 0.388 e. The Morgan fingerprint density at radius 3 is 2.47 bits per heavy atom. The maximum Gasteiger partial charge on any atom is 0.187 e. The van der Waals surface area contributed by atoms with Crippen LogP contribution >= 0.6 is 0 Å². The van der Waals surface area contributed by atoms with Crippen LogP contribution in [0.2, 0.25) is 0 Å². The predicted molar refractivity (Wildman–Crippen MR) is 120 cm³/mol. The smallest absolute Gasteiger partial charge is 0.187 e. The van der Waals surface area contributed by atoms with E-state index >= 15 is 0 Å². The molecule has 2 rings (SSSR count). The molecule has 2 aliphatic rings. The third kappa shape index (κ3) is 5.92. The van der Waals surface area contributed by atoms with Crippen molar-refractivity contribution in [3.05, 3.63) is 48.6 Å². The van der Waals surface area contributed by atoms with Gasteiger partial charge in [-0.1, -0.05) is 49.0 Å². The Bertz CT molecular complexity index is 679. The normalized spacial score (nSPS) is 38.6. The van der Waals surface area contributed by atoms with E-state index in [-0.39, 0.29) is 12.0 Å². The van der Waals surface area contributed by atoms with Crippen LogP contribution in [-0.2, 0) is 9.47 Å². The molecule has 5 unspecified atom stereocenters. The van der Waals surface area contributed by atoms with Crippen molar-refractivity contribution in [2.75, 3.05) is 6.61 Å². The van der Waals surface area contributed by atoms with Crippen molar-refractivity contribution in [1.29, 1.82) is 0 Å². The molecule has 0 aromatic heterocycles. The Kier molecular flexibility index (Phi) is 8.28. The minimum absolute atomic E-state index is 0.0725. The molecule has 5 heteroatoms. The third-order valence-corrected chi connectivity index (χ3v) is 6.78. The summed E-state index contributed by atoms with van der Waals surface area (Å²) >= 11 is 0. The fourth-order valence-electron chi connectivity index (χ4n) is 4.54. The molecular weight excluding hydrogens is 380 g/mol. The fraction of sp³-hybridized carbons (Fsp3) is 0.680. The van der Waals surface area contributed by atoms with Crippen molar-refractivity contribution < 1.29 is 24.8 Å². The molecule has 0 aromatic rings. The molecule has 30 heavy (non-hydrogen) atoms. The molecule has 0 spiro atoms. The summed E-state index contributed by atoms with van der Waals surface area (Å²) in [6.07, 6.45) is 6.76. The van der Waals surface area contributed by atoms with Crippen LogP contribution in [0.25, 0.3) is 0 Å². The number of hydrogen-bond donors (Lipinski definition) is 3. The van der Waals surface area contributed by atoms with E-state index < -0.39 is 30.2 Å². The molecule has 0 bridgehead atoms. The first-order chi connectivity index (χ1) is 13.9. The number of ether oxygens (including phenoxy) is 2. The summed E-state index contributed by atoms with van der Waals surface area (Å²) in [5.74, 6) is 0.945. The summed E-state index contributed by atoms with van der Waals surface area (Å²) in [5, 5.41) is 29.5. The van der Waals surface area contributed by atoms with Gasteiger partial charge in [-0.15, -0.1) is 6.58 Å². The standard InChI is InChI=1S/C25H40O5/c1-8-25(7)13-11-18(14-19(25)16(2)3)17(4)10-9-12-24(5,6)30-23-22(28)21(27)20(26)15-29-23/h8-10,12,18-23,26-28H,1-2,11,13-15H2,3-7H3/b12-9+,17-10+/t18?,19-,20?,21?,22?,23?,25+/m1/s1. The monoisotopic (exact) mass is 420 g/mol. The molecule has 0 radical (unpaired) electrons. The number of aliphatic hydroxyl groups is 3.